The van der Waals surface area contributed by atoms with Crippen LogP contribution in [0.3, 0.4) is 0 Å². The van der Waals surface area contributed by atoms with Gasteiger partial charge in [-0.05, 0) is 30.9 Å². The molecule has 0 atom stereocenters. The van der Waals surface area contributed by atoms with Gasteiger partial charge in [-0.2, -0.15) is 13.2 Å². The number of hydrogen-bond donors (Lipinski definition) is 0. The minimum atomic E-state index is -4.47. The molecule has 0 bridgehead atoms. The summed E-state index contributed by atoms with van der Waals surface area (Å²) in [5, 5.41) is 0. The summed E-state index contributed by atoms with van der Waals surface area (Å²) >= 11 is 0. The molecule has 7 heteroatoms. The first kappa shape index (κ1) is 15.6. The normalized spacial score (nSPS) is 14.8. The van der Waals surface area contributed by atoms with E-state index >= 15 is 0 Å². The number of ether oxygens (including phenoxy) is 1. The Morgan fingerprint density at radius 1 is 1.39 bits per heavy atom. The van der Waals surface area contributed by atoms with Crippen molar-refractivity contribution in [1.29, 1.82) is 0 Å². The van der Waals surface area contributed by atoms with E-state index in [4.69, 9.17) is 9.15 Å². The minimum Gasteiger partial charge on any atom is -0.461 e. The molecule has 0 radical (unpaired) electrons. The van der Waals surface area contributed by atoms with Crippen molar-refractivity contribution in [3.63, 3.8) is 0 Å². The lowest BCUT2D eigenvalue weighted by molar-refractivity contribution is -0.137. The van der Waals surface area contributed by atoms with E-state index < -0.39 is 17.7 Å². The van der Waals surface area contributed by atoms with Crippen LogP contribution in [0.4, 0.5) is 13.2 Å². The highest BCUT2D eigenvalue weighted by Crippen LogP contribution is 2.34. The highest BCUT2D eigenvalue weighted by Gasteiger charge is 2.32. The van der Waals surface area contributed by atoms with Crippen molar-refractivity contribution < 1.29 is 27.1 Å². The van der Waals surface area contributed by atoms with Crippen LogP contribution in [0.5, 0.6) is 0 Å². The highest BCUT2D eigenvalue weighted by molar-refractivity contribution is 5.93. The first-order valence-corrected chi connectivity index (χ1v) is 7.17. The van der Waals surface area contributed by atoms with Gasteiger partial charge < -0.3 is 9.15 Å². The quantitative estimate of drug-likeness (QED) is 0.789. The maximum Gasteiger partial charge on any atom is 0.416 e. The third-order valence-electron chi connectivity index (χ3n) is 3.53. The van der Waals surface area contributed by atoms with Crippen LogP contribution in [0.1, 0.15) is 34.8 Å². The summed E-state index contributed by atoms with van der Waals surface area (Å²) in [6, 6.07) is 4.58. The van der Waals surface area contributed by atoms with Gasteiger partial charge in [0.05, 0.1) is 12.2 Å². The predicted octanol–water partition coefficient (Wildman–Crippen LogP) is 4.24. The fourth-order valence-corrected chi connectivity index (χ4v) is 2.14. The van der Waals surface area contributed by atoms with Crippen molar-refractivity contribution in [1.82, 2.24) is 4.98 Å². The average Bonchev–Trinajstić information content (AvgIpc) is 3.24. The summed E-state index contributed by atoms with van der Waals surface area (Å²) in [6.07, 6.45) is -2.44. The number of hydrogen-bond acceptors (Lipinski definition) is 4. The summed E-state index contributed by atoms with van der Waals surface area (Å²) in [5.74, 6) is -0.115. The Hall–Kier alpha value is -2.31. The smallest absolute Gasteiger partial charge is 0.416 e. The molecule has 122 valence electrons. The summed E-state index contributed by atoms with van der Waals surface area (Å²) in [5.41, 5.74) is -0.775. The van der Waals surface area contributed by atoms with Gasteiger partial charge in [0.1, 0.15) is 0 Å². The molecule has 0 spiro atoms. The molecular weight excluding hydrogens is 311 g/mol. The number of carbonyl (C=O) groups is 1. The van der Waals surface area contributed by atoms with Crippen LogP contribution in [-0.2, 0) is 10.9 Å². The molecular formula is C16H14F3NO3. The number of esters is 1. The Bertz CT molecular complexity index is 732. The molecule has 3 rings (SSSR count). The Balaban J connectivity index is 1.91. The lowest BCUT2D eigenvalue weighted by atomic mass is 10.1. The molecule has 1 fully saturated rings. The van der Waals surface area contributed by atoms with E-state index in [0.717, 1.165) is 25.0 Å². The van der Waals surface area contributed by atoms with E-state index in [1.165, 1.54) is 19.1 Å². The van der Waals surface area contributed by atoms with Gasteiger partial charge >= 0.3 is 12.1 Å². The molecule has 0 N–H and O–H groups in total. The van der Waals surface area contributed by atoms with E-state index in [2.05, 4.69) is 4.98 Å². The van der Waals surface area contributed by atoms with Crippen LogP contribution in [0.25, 0.3) is 11.3 Å². The van der Waals surface area contributed by atoms with Crippen LogP contribution >= 0.6 is 0 Å². The summed E-state index contributed by atoms with van der Waals surface area (Å²) in [4.78, 5) is 16.1. The Labute approximate surface area is 130 Å². The van der Waals surface area contributed by atoms with Gasteiger partial charge in [-0.1, -0.05) is 12.1 Å². The number of benzene rings is 1. The fourth-order valence-electron chi connectivity index (χ4n) is 2.14. The van der Waals surface area contributed by atoms with Crippen LogP contribution in [0, 0.1) is 12.8 Å². The number of oxazole rings is 1. The zero-order valence-electron chi connectivity index (χ0n) is 12.3. The van der Waals surface area contributed by atoms with E-state index in [-0.39, 0.29) is 22.9 Å². The van der Waals surface area contributed by atoms with Crippen molar-refractivity contribution >= 4 is 5.97 Å². The van der Waals surface area contributed by atoms with Gasteiger partial charge in [-0.25, -0.2) is 9.78 Å². The van der Waals surface area contributed by atoms with E-state index in [1.807, 2.05) is 0 Å². The Morgan fingerprint density at radius 2 is 2.13 bits per heavy atom. The lowest BCUT2D eigenvalue weighted by Gasteiger charge is -2.08. The van der Waals surface area contributed by atoms with Crippen LogP contribution in [0.15, 0.2) is 28.7 Å². The SMILES string of the molecule is Cc1nc(C(=O)OCC2CC2)c(-c2cccc(C(F)(F)F)c2)o1. The first-order chi connectivity index (χ1) is 10.8. The second kappa shape index (κ2) is 5.72. The third kappa shape index (κ3) is 3.55. The Kier molecular flexibility index (Phi) is 3.87. The Morgan fingerprint density at radius 3 is 2.78 bits per heavy atom. The predicted molar refractivity (Wildman–Crippen MR) is 74.7 cm³/mol. The summed E-state index contributed by atoms with van der Waals surface area (Å²) in [6.45, 7) is 1.82. The van der Waals surface area contributed by atoms with E-state index in [9.17, 15) is 18.0 Å². The van der Waals surface area contributed by atoms with Gasteiger partial charge in [-0.15, -0.1) is 0 Å². The van der Waals surface area contributed by atoms with Gasteiger partial charge in [0.15, 0.2) is 17.3 Å². The second-order valence-electron chi connectivity index (χ2n) is 5.53. The number of halogens is 3. The van der Waals surface area contributed by atoms with Crippen molar-refractivity contribution in [3.05, 3.63) is 41.4 Å². The molecule has 1 aliphatic rings. The van der Waals surface area contributed by atoms with Crippen molar-refractivity contribution in [2.45, 2.75) is 25.9 Å². The van der Waals surface area contributed by atoms with E-state index in [1.54, 1.807) is 0 Å². The van der Waals surface area contributed by atoms with Gasteiger partial charge in [0, 0.05) is 12.5 Å². The largest absolute Gasteiger partial charge is 0.461 e. The average molecular weight is 325 g/mol. The highest BCUT2D eigenvalue weighted by atomic mass is 19.4. The van der Waals surface area contributed by atoms with Gasteiger partial charge in [0.25, 0.3) is 0 Å². The zero-order chi connectivity index (χ0) is 16.6. The van der Waals surface area contributed by atoms with E-state index in [0.29, 0.717) is 12.5 Å². The number of rotatable bonds is 4. The molecule has 0 amide bonds. The molecule has 1 heterocycles. The van der Waals surface area contributed by atoms with Crippen molar-refractivity contribution in [2.75, 3.05) is 6.61 Å². The molecule has 4 nitrogen and oxygen atoms in total. The van der Waals surface area contributed by atoms with Gasteiger partial charge in [0.2, 0.25) is 0 Å². The van der Waals surface area contributed by atoms with Crippen LogP contribution < -0.4 is 0 Å². The van der Waals surface area contributed by atoms with Crippen molar-refractivity contribution in [3.8, 4) is 11.3 Å². The molecule has 1 aromatic heterocycles. The fraction of sp³-hybridized carbons (Fsp3) is 0.375. The molecule has 1 aliphatic carbocycles. The maximum atomic E-state index is 12.8. The number of aryl methyl sites for hydroxylation is 1. The molecule has 23 heavy (non-hydrogen) atoms. The third-order valence-corrected chi connectivity index (χ3v) is 3.53. The molecule has 0 aliphatic heterocycles. The first-order valence-electron chi connectivity index (χ1n) is 7.17. The topological polar surface area (TPSA) is 52.3 Å². The number of alkyl halides is 3. The molecule has 0 saturated heterocycles. The number of nitrogens with zero attached hydrogens (tertiary/aromatic N) is 1. The van der Waals surface area contributed by atoms with Gasteiger partial charge in [-0.3, -0.25) is 0 Å². The van der Waals surface area contributed by atoms with Crippen LogP contribution in [-0.4, -0.2) is 17.6 Å². The summed E-state index contributed by atoms with van der Waals surface area (Å²) in [7, 11) is 0. The monoisotopic (exact) mass is 325 g/mol. The lowest BCUT2D eigenvalue weighted by Crippen LogP contribution is -2.09. The summed E-state index contributed by atoms with van der Waals surface area (Å²) < 4.78 is 49.0. The maximum absolute atomic E-state index is 12.8. The van der Waals surface area contributed by atoms with Crippen molar-refractivity contribution in [2.24, 2.45) is 5.92 Å². The molecule has 0 unspecified atom stereocenters. The second-order valence-corrected chi connectivity index (χ2v) is 5.53. The zero-order valence-corrected chi connectivity index (χ0v) is 12.3. The standard InChI is InChI=1S/C16H14F3NO3/c1-9-20-13(15(21)22-8-10-5-6-10)14(23-9)11-3-2-4-12(7-11)16(17,18)19/h2-4,7,10H,5-6,8H2,1H3. The number of aromatic nitrogens is 1. The molecule has 1 saturated carbocycles. The molecule has 1 aromatic carbocycles. The number of carbonyl (C=O) groups excluding carboxylic acids is 1. The minimum absolute atomic E-state index is 0.00519. The van der Waals surface area contributed by atoms with Crippen LogP contribution in [0.2, 0.25) is 0 Å². The molecule has 2 aromatic rings.